The van der Waals surface area contributed by atoms with E-state index in [1.165, 1.54) is 16.7 Å². The Morgan fingerprint density at radius 1 is 1.44 bits per heavy atom. The van der Waals surface area contributed by atoms with Crippen LogP contribution < -0.4 is 0 Å². The predicted molar refractivity (Wildman–Crippen MR) is 66.7 cm³/mol. The summed E-state index contributed by atoms with van der Waals surface area (Å²) in [5, 5.41) is 9.73. The minimum atomic E-state index is 0.238. The molecule has 1 aromatic rings. The summed E-state index contributed by atoms with van der Waals surface area (Å²) >= 11 is 0. The van der Waals surface area contributed by atoms with Gasteiger partial charge in [0.05, 0.1) is 0 Å². The van der Waals surface area contributed by atoms with Gasteiger partial charge in [-0.3, -0.25) is 0 Å². The SMILES string of the molecule is C#CC1CCCc2cc(O)cc(C(C)C)c21. The number of fused-ring (bicyclic) bond motifs is 1. The van der Waals surface area contributed by atoms with E-state index in [0.717, 1.165) is 19.3 Å². The van der Waals surface area contributed by atoms with Gasteiger partial charge in [-0.25, -0.2) is 0 Å². The van der Waals surface area contributed by atoms with Crippen LogP contribution >= 0.6 is 0 Å². The molecule has 0 fully saturated rings. The summed E-state index contributed by atoms with van der Waals surface area (Å²) < 4.78 is 0. The van der Waals surface area contributed by atoms with Gasteiger partial charge in [-0.2, -0.15) is 0 Å². The van der Waals surface area contributed by atoms with Crippen molar-refractivity contribution in [2.24, 2.45) is 0 Å². The van der Waals surface area contributed by atoms with Crippen LogP contribution in [0.25, 0.3) is 0 Å². The smallest absolute Gasteiger partial charge is 0.116 e. The lowest BCUT2D eigenvalue weighted by Crippen LogP contribution is -2.12. The van der Waals surface area contributed by atoms with Gasteiger partial charge in [0.25, 0.3) is 0 Å². The number of phenolic OH excluding ortho intramolecular Hbond substituents is 1. The first-order valence-electron chi connectivity index (χ1n) is 5.95. The van der Waals surface area contributed by atoms with Crippen molar-refractivity contribution in [3.05, 3.63) is 28.8 Å². The maximum Gasteiger partial charge on any atom is 0.116 e. The summed E-state index contributed by atoms with van der Waals surface area (Å²) in [4.78, 5) is 0. The Hall–Kier alpha value is -1.42. The molecule has 0 saturated heterocycles. The van der Waals surface area contributed by atoms with E-state index in [0.29, 0.717) is 11.7 Å². The minimum Gasteiger partial charge on any atom is -0.508 e. The lowest BCUT2D eigenvalue weighted by atomic mass is 9.78. The monoisotopic (exact) mass is 214 g/mol. The van der Waals surface area contributed by atoms with Crippen LogP contribution in [-0.2, 0) is 6.42 Å². The Morgan fingerprint density at radius 3 is 2.81 bits per heavy atom. The molecule has 0 aliphatic heterocycles. The topological polar surface area (TPSA) is 20.2 Å². The van der Waals surface area contributed by atoms with Crippen LogP contribution in [0.4, 0.5) is 0 Å². The fourth-order valence-electron chi connectivity index (χ4n) is 2.64. The third-order valence-electron chi connectivity index (χ3n) is 3.39. The largest absolute Gasteiger partial charge is 0.508 e. The van der Waals surface area contributed by atoms with E-state index in [2.05, 4.69) is 19.8 Å². The van der Waals surface area contributed by atoms with Crippen molar-refractivity contribution in [1.29, 1.82) is 0 Å². The number of hydrogen-bond acceptors (Lipinski definition) is 1. The van der Waals surface area contributed by atoms with Gasteiger partial charge in [-0.15, -0.1) is 6.42 Å². The molecule has 1 atom stereocenters. The Balaban J connectivity index is 2.62. The molecule has 0 aromatic heterocycles. The van der Waals surface area contributed by atoms with Crippen molar-refractivity contribution < 1.29 is 5.11 Å². The van der Waals surface area contributed by atoms with Gasteiger partial charge in [0.2, 0.25) is 0 Å². The van der Waals surface area contributed by atoms with Crippen molar-refractivity contribution in [1.82, 2.24) is 0 Å². The van der Waals surface area contributed by atoms with Gasteiger partial charge in [0.1, 0.15) is 5.75 Å². The maximum atomic E-state index is 9.73. The highest BCUT2D eigenvalue weighted by molar-refractivity contribution is 5.48. The zero-order valence-corrected chi connectivity index (χ0v) is 9.96. The first kappa shape index (κ1) is 11.1. The van der Waals surface area contributed by atoms with Crippen LogP contribution in [0.1, 0.15) is 55.2 Å². The van der Waals surface area contributed by atoms with E-state index >= 15 is 0 Å². The van der Waals surface area contributed by atoms with E-state index in [4.69, 9.17) is 6.42 Å². The van der Waals surface area contributed by atoms with Crippen molar-refractivity contribution in [2.45, 2.75) is 44.9 Å². The molecule has 16 heavy (non-hydrogen) atoms. The highest BCUT2D eigenvalue weighted by Gasteiger charge is 2.23. The van der Waals surface area contributed by atoms with Gasteiger partial charge in [-0.05, 0) is 54.0 Å². The number of phenols is 1. The number of hydrogen-bond donors (Lipinski definition) is 1. The number of rotatable bonds is 1. The molecule has 1 nitrogen and oxygen atoms in total. The van der Waals surface area contributed by atoms with E-state index in [1.54, 1.807) is 0 Å². The first-order valence-corrected chi connectivity index (χ1v) is 5.95. The van der Waals surface area contributed by atoms with Crippen molar-refractivity contribution in [3.8, 4) is 18.1 Å². The van der Waals surface area contributed by atoms with Crippen molar-refractivity contribution in [2.75, 3.05) is 0 Å². The molecule has 0 radical (unpaired) electrons. The van der Waals surface area contributed by atoms with Crippen molar-refractivity contribution in [3.63, 3.8) is 0 Å². The van der Waals surface area contributed by atoms with Crippen LogP contribution in [0, 0.1) is 12.3 Å². The Morgan fingerprint density at radius 2 is 2.19 bits per heavy atom. The average Bonchev–Trinajstić information content (AvgIpc) is 2.26. The van der Waals surface area contributed by atoms with Gasteiger partial charge >= 0.3 is 0 Å². The summed E-state index contributed by atoms with van der Waals surface area (Å²) in [6.45, 7) is 4.30. The van der Waals surface area contributed by atoms with Crippen LogP contribution in [0.15, 0.2) is 12.1 Å². The summed E-state index contributed by atoms with van der Waals surface area (Å²) in [6, 6.07) is 3.75. The molecule has 84 valence electrons. The molecule has 1 aliphatic rings. The number of aromatic hydroxyl groups is 1. The number of benzene rings is 1. The molecule has 1 unspecified atom stereocenters. The Bertz CT molecular complexity index is 437. The Labute approximate surface area is 97.5 Å². The molecular formula is C15H18O. The molecule has 0 saturated carbocycles. The molecule has 2 rings (SSSR count). The van der Waals surface area contributed by atoms with Gasteiger partial charge in [0.15, 0.2) is 0 Å². The molecule has 0 spiro atoms. The molecule has 0 bridgehead atoms. The molecular weight excluding hydrogens is 196 g/mol. The fraction of sp³-hybridized carbons (Fsp3) is 0.467. The summed E-state index contributed by atoms with van der Waals surface area (Å²) in [5.41, 5.74) is 3.78. The summed E-state index contributed by atoms with van der Waals surface area (Å²) in [7, 11) is 0. The molecule has 1 N–H and O–H groups in total. The zero-order valence-electron chi connectivity index (χ0n) is 9.96. The molecule has 1 aliphatic carbocycles. The third-order valence-corrected chi connectivity index (χ3v) is 3.39. The second-order valence-electron chi connectivity index (χ2n) is 4.87. The second-order valence-corrected chi connectivity index (χ2v) is 4.87. The van der Waals surface area contributed by atoms with Crippen LogP contribution in [0.5, 0.6) is 5.75 Å². The standard InChI is InChI=1S/C15H18O/c1-4-11-6-5-7-12-8-13(16)9-14(10(2)3)15(11)12/h1,8-11,16H,5-7H2,2-3H3. The van der Waals surface area contributed by atoms with Crippen LogP contribution in [0.2, 0.25) is 0 Å². The quantitative estimate of drug-likeness (QED) is 0.709. The molecule has 0 amide bonds. The minimum absolute atomic E-state index is 0.238. The van der Waals surface area contributed by atoms with Gasteiger partial charge in [-0.1, -0.05) is 19.8 Å². The van der Waals surface area contributed by atoms with Crippen LogP contribution in [0.3, 0.4) is 0 Å². The molecule has 1 heteroatoms. The number of terminal acetylenes is 1. The lowest BCUT2D eigenvalue weighted by Gasteiger charge is -2.26. The predicted octanol–water partition coefficient (Wildman–Crippen LogP) is 3.57. The highest BCUT2D eigenvalue weighted by Crippen LogP contribution is 2.38. The number of aryl methyl sites for hydroxylation is 1. The fourth-order valence-corrected chi connectivity index (χ4v) is 2.64. The average molecular weight is 214 g/mol. The lowest BCUT2D eigenvalue weighted by molar-refractivity contribution is 0.471. The van der Waals surface area contributed by atoms with Crippen LogP contribution in [-0.4, -0.2) is 5.11 Å². The van der Waals surface area contributed by atoms with Gasteiger partial charge in [0, 0.05) is 5.92 Å². The van der Waals surface area contributed by atoms with E-state index < -0.39 is 0 Å². The zero-order chi connectivity index (χ0) is 11.7. The van der Waals surface area contributed by atoms with E-state index in [9.17, 15) is 5.11 Å². The second kappa shape index (κ2) is 4.22. The summed E-state index contributed by atoms with van der Waals surface area (Å²) in [6.07, 6.45) is 8.86. The summed E-state index contributed by atoms with van der Waals surface area (Å²) in [5.74, 6) is 3.92. The maximum absolute atomic E-state index is 9.73. The van der Waals surface area contributed by atoms with Gasteiger partial charge < -0.3 is 5.11 Å². The van der Waals surface area contributed by atoms with E-state index in [1.807, 2.05) is 12.1 Å². The molecule has 0 heterocycles. The highest BCUT2D eigenvalue weighted by atomic mass is 16.3. The third kappa shape index (κ3) is 1.80. The normalized spacial score (nSPS) is 19.2. The van der Waals surface area contributed by atoms with Crippen molar-refractivity contribution >= 4 is 0 Å². The first-order chi connectivity index (χ1) is 7.63. The Kier molecular flexibility index (Phi) is 2.92. The van der Waals surface area contributed by atoms with E-state index in [-0.39, 0.29) is 5.92 Å². The molecule has 1 aromatic carbocycles.